The van der Waals surface area contributed by atoms with Gasteiger partial charge in [-0.2, -0.15) is 0 Å². The minimum absolute atomic E-state index is 0.00254. The Morgan fingerprint density at radius 1 is 0.412 bits per heavy atom. The fraction of sp³-hybridized carbons (Fsp3) is 0.459. The molecule has 3 unspecified atom stereocenters. The number of alkyl carbamates (subject to hydrolysis) is 1. The minimum Gasteiger partial charge on any atom is -0.450 e. The quantitative estimate of drug-likeness (QED) is 0.0447. The number of hydrogen-bond donors (Lipinski definition) is 4. The summed E-state index contributed by atoms with van der Waals surface area (Å²) in [4.78, 5) is 58.2. The van der Waals surface area contributed by atoms with Gasteiger partial charge in [0.15, 0.2) is 47.1 Å². The van der Waals surface area contributed by atoms with Crippen molar-refractivity contribution in [2.45, 2.75) is 176 Å². The zero-order valence-electron chi connectivity index (χ0n) is 54.4. The van der Waals surface area contributed by atoms with Gasteiger partial charge in [0.1, 0.15) is 23.5 Å². The summed E-state index contributed by atoms with van der Waals surface area (Å²) < 4.78 is 139. The van der Waals surface area contributed by atoms with Crippen LogP contribution < -0.4 is 22.5 Å². The van der Waals surface area contributed by atoms with E-state index in [0.717, 1.165) is 67.9 Å². The number of fused-ring (bicyclic) bond motifs is 6. The largest absolute Gasteiger partial charge is 0.450 e. The first kappa shape index (κ1) is 71.9. The molecule has 6 fully saturated rings. The number of benzene rings is 6. The first-order valence-electron chi connectivity index (χ1n) is 33.3. The number of ether oxygens (including phenoxy) is 3. The van der Waals surface area contributed by atoms with Crippen molar-refractivity contribution >= 4 is 23.8 Å². The number of piperidine rings is 3. The molecule has 0 saturated carbocycles. The standard InChI is InChI=1S/C26H30F3N3O3.2C24H27F3N2O2/c1-2-35-26(34)31-24(15-6-4-3-5-7-15)25(33)32-18-8-9-19(32)11-17(10-18)23(30)13-16-12-21(28)22(29)14-20(16)27;2*1-31-23(14-5-3-2-4-6-14)24(30)29-17-7-8-18(29)10-16(9-17)22(28)12-15-11-20(26)21(27)13-19(15)25/h3-7,12,14,17-19,23-24H,2,8-11,13,30H2,1H3,(H,31,34);2*2-6,11,13,16-18,22-23H,7-10,12,28H2,1H3/t17?,18-,19+,23-,24-;16?,17-,18+,22-,23+;16?,17-,18+,22-,23-/m111/s1. The number of halogens is 9. The predicted molar refractivity (Wildman–Crippen MR) is 345 cm³/mol. The highest BCUT2D eigenvalue weighted by molar-refractivity contribution is 5.88. The van der Waals surface area contributed by atoms with E-state index in [1.165, 1.54) is 14.2 Å². The summed E-state index contributed by atoms with van der Waals surface area (Å²) in [5.41, 5.74) is 21.7. The predicted octanol–water partition coefficient (Wildman–Crippen LogP) is 12.5. The van der Waals surface area contributed by atoms with Gasteiger partial charge in [0.25, 0.3) is 11.8 Å². The molecule has 0 aromatic heterocycles. The molecule has 0 spiro atoms. The van der Waals surface area contributed by atoms with Gasteiger partial charge in [-0.3, -0.25) is 14.4 Å². The van der Waals surface area contributed by atoms with Gasteiger partial charge >= 0.3 is 6.09 Å². The molecule has 6 aromatic carbocycles. The average molecular weight is 1350 g/mol. The smallest absolute Gasteiger partial charge is 0.408 e. The summed E-state index contributed by atoms with van der Waals surface area (Å²) >= 11 is 0. The molecule has 6 heterocycles. The Kier molecular flexibility index (Phi) is 23.9. The fourth-order valence-corrected chi connectivity index (χ4v) is 15.9. The molecule has 6 aromatic rings. The van der Waals surface area contributed by atoms with Crippen LogP contribution >= 0.6 is 0 Å². The van der Waals surface area contributed by atoms with Crippen molar-refractivity contribution in [1.29, 1.82) is 0 Å². The molecule has 6 bridgehead atoms. The molecule has 12 rings (SSSR count). The third-order valence-electron chi connectivity index (χ3n) is 20.6. The van der Waals surface area contributed by atoms with Crippen LogP contribution in [0, 0.1) is 70.1 Å². The number of nitrogens with two attached hydrogens (primary N) is 3. The van der Waals surface area contributed by atoms with Gasteiger partial charge in [-0.05, 0) is 173 Å². The van der Waals surface area contributed by atoms with Crippen molar-refractivity contribution in [3.63, 3.8) is 0 Å². The zero-order chi connectivity index (χ0) is 69.4. The van der Waals surface area contributed by atoms with Gasteiger partial charge in [0, 0.05) is 86.8 Å². The Morgan fingerprint density at radius 3 is 0.959 bits per heavy atom. The average Bonchev–Trinajstić information content (AvgIpc) is 1.68. The third kappa shape index (κ3) is 16.7. The van der Waals surface area contributed by atoms with Crippen LogP contribution in [0.1, 0.15) is 136 Å². The van der Waals surface area contributed by atoms with Crippen LogP contribution in [0.3, 0.4) is 0 Å². The van der Waals surface area contributed by atoms with E-state index in [1.54, 1.807) is 31.2 Å². The van der Waals surface area contributed by atoms with E-state index < -0.39 is 94.8 Å². The van der Waals surface area contributed by atoms with E-state index in [9.17, 15) is 58.7 Å². The van der Waals surface area contributed by atoms with Gasteiger partial charge < -0.3 is 51.4 Å². The lowest BCUT2D eigenvalue weighted by Gasteiger charge is -2.42. The highest BCUT2D eigenvalue weighted by atomic mass is 19.2. The van der Waals surface area contributed by atoms with Crippen molar-refractivity contribution in [3.05, 3.63) is 213 Å². The summed E-state index contributed by atoms with van der Waals surface area (Å²) in [6.45, 7) is 1.88. The highest BCUT2D eigenvalue weighted by Gasteiger charge is 2.50. The number of rotatable bonds is 19. The van der Waals surface area contributed by atoms with Crippen LogP contribution in [0.2, 0.25) is 0 Å². The lowest BCUT2D eigenvalue weighted by molar-refractivity contribution is -0.148. The van der Waals surface area contributed by atoms with Gasteiger partial charge in [0.05, 0.1) is 6.61 Å². The van der Waals surface area contributed by atoms with E-state index in [2.05, 4.69) is 5.32 Å². The van der Waals surface area contributed by atoms with E-state index in [1.807, 2.05) is 81.4 Å². The molecular formula is C74H84F9N7O7. The number of nitrogens with zero attached hydrogens (tertiary/aromatic N) is 3. The summed E-state index contributed by atoms with van der Waals surface area (Å²) in [7, 11) is 3.08. The molecule has 0 radical (unpaired) electrons. The molecule has 14 nitrogen and oxygen atoms in total. The lowest BCUT2D eigenvalue weighted by atomic mass is 9.82. The fourth-order valence-electron chi connectivity index (χ4n) is 15.9. The molecule has 4 amide bonds. The normalized spacial score (nSPS) is 24.2. The maximum Gasteiger partial charge on any atom is 0.408 e. The lowest BCUT2D eigenvalue weighted by Crippen LogP contribution is -2.53. The SMILES string of the molecule is CCOC(=O)N[C@@H](C(=O)N1[C@@H]2CC[C@H]1CC([C@H](N)Cc1cc(F)c(F)cc1F)C2)c1ccccc1.CO[C@@H](C(=O)N1[C@@H]2CC[C@H]1CC([C@H](N)Cc1cc(F)c(F)cc1F)C2)c1ccccc1.CO[C@H](C(=O)N1[C@@H]2CC[C@H]1CC([C@H](N)Cc1cc(F)c(F)cc1F)C2)c1ccccc1. The van der Waals surface area contributed by atoms with E-state index >= 15 is 0 Å². The Hall–Kier alpha value is -7.83. The van der Waals surface area contributed by atoms with Crippen LogP contribution in [0.15, 0.2) is 127 Å². The first-order valence-corrected chi connectivity index (χ1v) is 33.3. The number of carbonyl (C=O) groups is 4. The van der Waals surface area contributed by atoms with Crippen molar-refractivity contribution in [3.8, 4) is 0 Å². The molecule has 97 heavy (non-hydrogen) atoms. The van der Waals surface area contributed by atoms with E-state index in [-0.39, 0.29) is 114 Å². The van der Waals surface area contributed by atoms with Gasteiger partial charge in [-0.15, -0.1) is 0 Å². The molecule has 6 aliphatic rings. The molecule has 520 valence electrons. The Morgan fingerprint density at radius 2 is 0.680 bits per heavy atom. The molecule has 7 N–H and O–H groups in total. The third-order valence-corrected chi connectivity index (χ3v) is 20.6. The van der Waals surface area contributed by atoms with Crippen LogP contribution in [-0.2, 0) is 47.9 Å². The highest BCUT2D eigenvalue weighted by Crippen LogP contribution is 2.45. The Bertz CT molecular complexity index is 3510. The van der Waals surface area contributed by atoms with Crippen LogP contribution in [0.4, 0.5) is 44.3 Å². The first-order chi connectivity index (χ1) is 46.5. The minimum atomic E-state index is -1.23. The van der Waals surface area contributed by atoms with Gasteiger partial charge in [-0.25, -0.2) is 44.3 Å². The number of nitrogens with one attached hydrogen (secondary N) is 1. The Balaban J connectivity index is 0.000000158. The molecule has 15 atom stereocenters. The van der Waals surface area contributed by atoms with E-state index in [4.69, 9.17) is 31.4 Å². The van der Waals surface area contributed by atoms with Crippen molar-refractivity contribution in [2.24, 2.45) is 35.0 Å². The number of amides is 4. The molecular weight excluding hydrogens is 1270 g/mol. The van der Waals surface area contributed by atoms with Crippen molar-refractivity contribution < 1.29 is 72.9 Å². The van der Waals surface area contributed by atoms with Gasteiger partial charge in [-0.1, -0.05) is 91.0 Å². The summed E-state index contributed by atoms with van der Waals surface area (Å²) in [5, 5.41) is 2.70. The molecule has 0 aliphatic carbocycles. The second kappa shape index (κ2) is 32.2. The maximum atomic E-state index is 14.1. The van der Waals surface area contributed by atoms with Crippen LogP contribution in [0.25, 0.3) is 0 Å². The van der Waals surface area contributed by atoms with Crippen LogP contribution in [-0.4, -0.2) is 114 Å². The number of methoxy groups -OCH3 is 2. The zero-order valence-corrected chi connectivity index (χ0v) is 54.4. The Labute approximate surface area is 559 Å². The number of hydrogen-bond acceptors (Lipinski definition) is 10. The monoisotopic (exact) mass is 1350 g/mol. The molecule has 6 aliphatic heterocycles. The summed E-state index contributed by atoms with van der Waals surface area (Å²) in [6.07, 6.45) is 7.65. The molecule has 23 heteroatoms. The summed E-state index contributed by atoms with van der Waals surface area (Å²) in [6, 6.07) is 30.1. The van der Waals surface area contributed by atoms with Crippen molar-refractivity contribution in [2.75, 3.05) is 20.8 Å². The topological polar surface area (TPSA) is 196 Å². The second-order valence-electron chi connectivity index (χ2n) is 26.5. The van der Waals surface area contributed by atoms with Crippen LogP contribution in [0.5, 0.6) is 0 Å². The van der Waals surface area contributed by atoms with Crippen molar-refractivity contribution in [1.82, 2.24) is 20.0 Å². The molecule has 6 saturated heterocycles. The summed E-state index contributed by atoms with van der Waals surface area (Å²) in [5.74, 6) is -9.39. The number of carbonyl (C=O) groups excluding carboxylic acids is 4. The van der Waals surface area contributed by atoms with E-state index in [0.29, 0.717) is 62.3 Å². The van der Waals surface area contributed by atoms with Gasteiger partial charge in [0.2, 0.25) is 5.91 Å². The second-order valence-corrected chi connectivity index (χ2v) is 26.5. The maximum absolute atomic E-state index is 14.1.